The van der Waals surface area contributed by atoms with Gasteiger partial charge in [0.25, 0.3) is 5.91 Å². The molecule has 0 heterocycles. The summed E-state index contributed by atoms with van der Waals surface area (Å²) in [5, 5.41) is 2.81. The maximum absolute atomic E-state index is 12.4. The molecule has 0 aliphatic rings. The van der Waals surface area contributed by atoms with E-state index in [4.69, 9.17) is 9.47 Å². The lowest BCUT2D eigenvalue weighted by atomic mass is 10.1. The van der Waals surface area contributed by atoms with Crippen molar-refractivity contribution in [2.45, 2.75) is 13.8 Å². The minimum absolute atomic E-state index is 0.270. The fourth-order valence-electron chi connectivity index (χ4n) is 2.06. The zero-order valence-corrected chi connectivity index (χ0v) is 13.4. The number of amides is 1. The molecule has 0 aliphatic heterocycles. The first-order chi connectivity index (χ1) is 11.0. The molecule has 0 aromatic heterocycles. The number of ether oxygens (including phenoxy) is 2. The summed E-state index contributed by atoms with van der Waals surface area (Å²) in [5.74, 6) is -0.0768. The molecule has 2 rings (SSSR count). The molecule has 5 nitrogen and oxygen atoms in total. The number of aryl methyl sites for hydroxylation is 1. The molecule has 120 valence electrons. The van der Waals surface area contributed by atoms with Crippen LogP contribution in [-0.4, -0.2) is 25.6 Å². The van der Waals surface area contributed by atoms with Gasteiger partial charge in [0.2, 0.25) is 0 Å². The number of hydrogen-bond acceptors (Lipinski definition) is 4. The normalized spacial score (nSPS) is 10.0. The molecule has 0 unspecified atom stereocenters. The monoisotopic (exact) mass is 313 g/mol. The number of nitrogens with one attached hydrogen (secondary N) is 1. The van der Waals surface area contributed by atoms with Crippen molar-refractivity contribution in [3.63, 3.8) is 0 Å². The number of anilines is 1. The summed E-state index contributed by atoms with van der Waals surface area (Å²) in [6.45, 7) is 3.91. The average molecular weight is 313 g/mol. The van der Waals surface area contributed by atoms with Crippen molar-refractivity contribution in [1.82, 2.24) is 0 Å². The molecule has 0 atom stereocenters. The third-order valence-corrected chi connectivity index (χ3v) is 3.33. The Hall–Kier alpha value is -2.82. The lowest BCUT2D eigenvalue weighted by molar-refractivity contribution is 0.0526. The molecule has 1 N–H and O–H groups in total. The molecule has 0 aliphatic carbocycles. The molecule has 0 radical (unpaired) electrons. The van der Waals surface area contributed by atoms with E-state index in [1.54, 1.807) is 56.5 Å². The minimum Gasteiger partial charge on any atom is -0.497 e. The second kappa shape index (κ2) is 7.45. The van der Waals surface area contributed by atoms with Gasteiger partial charge in [-0.3, -0.25) is 4.79 Å². The van der Waals surface area contributed by atoms with Crippen LogP contribution in [0.2, 0.25) is 0 Å². The molecule has 0 bridgehead atoms. The third-order valence-electron chi connectivity index (χ3n) is 3.33. The topological polar surface area (TPSA) is 64.6 Å². The van der Waals surface area contributed by atoms with Gasteiger partial charge in [-0.25, -0.2) is 4.79 Å². The number of carbonyl (C=O) groups is 2. The summed E-state index contributed by atoms with van der Waals surface area (Å²) >= 11 is 0. The number of esters is 1. The molecular formula is C18H19NO4. The second-order valence-electron chi connectivity index (χ2n) is 4.94. The first-order valence-corrected chi connectivity index (χ1v) is 7.28. The van der Waals surface area contributed by atoms with E-state index >= 15 is 0 Å². The SMILES string of the molecule is CCOC(=O)c1ccc(C)c(NC(=O)c2cccc(OC)c2)c1. The highest BCUT2D eigenvalue weighted by Crippen LogP contribution is 2.20. The predicted octanol–water partition coefficient (Wildman–Crippen LogP) is 3.43. The van der Waals surface area contributed by atoms with Gasteiger partial charge in [-0.2, -0.15) is 0 Å². The van der Waals surface area contributed by atoms with Crippen LogP contribution in [0.25, 0.3) is 0 Å². The third kappa shape index (κ3) is 4.10. The number of benzene rings is 2. The maximum Gasteiger partial charge on any atom is 0.338 e. The summed E-state index contributed by atoms with van der Waals surface area (Å²) in [4.78, 5) is 24.2. The van der Waals surface area contributed by atoms with Gasteiger partial charge >= 0.3 is 5.97 Å². The lowest BCUT2D eigenvalue weighted by Crippen LogP contribution is -2.14. The molecule has 0 spiro atoms. The quantitative estimate of drug-likeness (QED) is 0.859. The summed E-state index contributed by atoms with van der Waals surface area (Å²) in [5.41, 5.74) is 2.31. The number of carbonyl (C=O) groups excluding carboxylic acids is 2. The van der Waals surface area contributed by atoms with Crippen molar-refractivity contribution >= 4 is 17.6 Å². The lowest BCUT2D eigenvalue weighted by Gasteiger charge is -2.11. The summed E-state index contributed by atoms with van der Waals surface area (Å²) in [6, 6.07) is 11.9. The van der Waals surface area contributed by atoms with Gasteiger partial charge in [-0.15, -0.1) is 0 Å². The molecule has 23 heavy (non-hydrogen) atoms. The molecule has 2 aromatic carbocycles. The van der Waals surface area contributed by atoms with Crippen LogP contribution in [0.15, 0.2) is 42.5 Å². The van der Waals surface area contributed by atoms with Gasteiger partial charge in [-0.05, 0) is 49.7 Å². The molecular weight excluding hydrogens is 294 g/mol. The van der Waals surface area contributed by atoms with Crippen LogP contribution in [0.3, 0.4) is 0 Å². The molecule has 1 amide bonds. The van der Waals surface area contributed by atoms with E-state index in [1.165, 1.54) is 0 Å². The highest BCUT2D eigenvalue weighted by Gasteiger charge is 2.12. The van der Waals surface area contributed by atoms with Crippen LogP contribution in [-0.2, 0) is 4.74 Å². The van der Waals surface area contributed by atoms with E-state index < -0.39 is 5.97 Å². The zero-order valence-electron chi connectivity index (χ0n) is 13.4. The van der Waals surface area contributed by atoms with Crippen LogP contribution >= 0.6 is 0 Å². The van der Waals surface area contributed by atoms with E-state index in [-0.39, 0.29) is 5.91 Å². The average Bonchev–Trinajstić information content (AvgIpc) is 2.57. The first-order valence-electron chi connectivity index (χ1n) is 7.28. The Morgan fingerprint density at radius 3 is 2.57 bits per heavy atom. The van der Waals surface area contributed by atoms with Crippen LogP contribution in [0.1, 0.15) is 33.2 Å². The Kier molecular flexibility index (Phi) is 5.36. The van der Waals surface area contributed by atoms with Gasteiger partial charge < -0.3 is 14.8 Å². The van der Waals surface area contributed by atoms with Crippen molar-refractivity contribution in [3.05, 3.63) is 59.2 Å². The van der Waals surface area contributed by atoms with Crippen LogP contribution < -0.4 is 10.1 Å². The summed E-state index contributed by atoms with van der Waals surface area (Å²) in [7, 11) is 1.55. The van der Waals surface area contributed by atoms with Gasteiger partial charge in [-0.1, -0.05) is 12.1 Å². The van der Waals surface area contributed by atoms with E-state index in [0.717, 1.165) is 5.56 Å². The molecule has 0 fully saturated rings. The Morgan fingerprint density at radius 1 is 1.09 bits per heavy atom. The van der Waals surface area contributed by atoms with E-state index in [0.29, 0.717) is 29.2 Å². The van der Waals surface area contributed by atoms with Crippen LogP contribution in [0, 0.1) is 6.92 Å². The van der Waals surface area contributed by atoms with E-state index in [9.17, 15) is 9.59 Å². The van der Waals surface area contributed by atoms with Crippen LogP contribution in [0.4, 0.5) is 5.69 Å². The number of rotatable bonds is 5. The number of methoxy groups -OCH3 is 1. The Bertz CT molecular complexity index is 725. The molecule has 2 aromatic rings. The van der Waals surface area contributed by atoms with Crippen molar-refractivity contribution < 1.29 is 19.1 Å². The van der Waals surface area contributed by atoms with Gasteiger partial charge in [0.15, 0.2) is 0 Å². The summed E-state index contributed by atoms with van der Waals surface area (Å²) in [6.07, 6.45) is 0. The predicted molar refractivity (Wildman–Crippen MR) is 88.1 cm³/mol. The first kappa shape index (κ1) is 16.5. The van der Waals surface area contributed by atoms with Gasteiger partial charge in [0, 0.05) is 11.3 Å². The number of hydrogen-bond donors (Lipinski definition) is 1. The molecule has 0 saturated heterocycles. The minimum atomic E-state index is -0.413. The Morgan fingerprint density at radius 2 is 1.87 bits per heavy atom. The fourth-order valence-corrected chi connectivity index (χ4v) is 2.06. The van der Waals surface area contributed by atoms with Gasteiger partial charge in [0.1, 0.15) is 5.75 Å². The highest BCUT2D eigenvalue weighted by molar-refractivity contribution is 6.05. The van der Waals surface area contributed by atoms with E-state index in [2.05, 4.69) is 5.32 Å². The van der Waals surface area contributed by atoms with Crippen molar-refractivity contribution in [1.29, 1.82) is 0 Å². The zero-order chi connectivity index (χ0) is 16.8. The Balaban J connectivity index is 2.23. The van der Waals surface area contributed by atoms with Crippen LogP contribution in [0.5, 0.6) is 5.75 Å². The Labute approximate surface area is 135 Å². The second-order valence-corrected chi connectivity index (χ2v) is 4.94. The van der Waals surface area contributed by atoms with E-state index in [1.807, 2.05) is 6.92 Å². The largest absolute Gasteiger partial charge is 0.497 e. The standard InChI is InChI=1S/C18H19NO4/c1-4-23-18(21)14-9-8-12(2)16(11-14)19-17(20)13-6-5-7-15(10-13)22-3/h5-11H,4H2,1-3H3,(H,19,20). The van der Waals surface area contributed by atoms with Crippen molar-refractivity contribution in [2.24, 2.45) is 0 Å². The highest BCUT2D eigenvalue weighted by atomic mass is 16.5. The smallest absolute Gasteiger partial charge is 0.338 e. The summed E-state index contributed by atoms with van der Waals surface area (Å²) < 4.78 is 10.1. The van der Waals surface area contributed by atoms with Gasteiger partial charge in [0.05, 0.1) is 19.3 Å². The molecule has 5 heteroatoms. The molecule has 0 saturated carbocycles. The van der Waals surface area contributed by atoms with Crippen molar-refractivity contribution in [3.8, 4) is 5.75 Å². The fraction of sp³-hybridized carbons (Fsp3) is 0.222. The maximum atomic E-state index is 12.4. The van der Waals surface area contributed by atoms with Crippen molar-refractivity contribution in [2.75, 3.05) is 19.0 Å².